The van der Waals surface area contributed by atoms with Gasteiger partial charge in [-0.3, -0.25) is 4.79 Å². The SMILES string of the molecule is CN(C)C(=O)C1(Nc2cccc(F)c2)CCN(c2ncc(F)cn2)CC1. The lowest BCUT2D eigenvalue weighted by Gasteiger charge is -2.42. The molecule has 1 N–H and O–H groups in total. The van der Waals surface area contributed by atoms with Crippen LogP contribution in [0.1, 0.15) is 12.8 Å². The van der Waals surface area contributed by atoms with Gasteiger partial charge < -0.3 is 15.1 Å². The highest BCUT2D eigenvalue weighted by Gasteiger charge is 2.42. The summed E-state index contributed by atoms with van der Waals surface area (Å²) >= 11 is 0. The highest BCUT2D eigenvalue weighted by atomic mass is 19.1. The van der Waals surface area contributed by atoms with Crippen molar-refractivity contribution in [2.24, 2.45) is 0 Å². The van der Waals surface area contributed by atoms with E-state index in [0.29, 0.717) is 37.6 Å². The summed E-state index contributed by atoms with van der Waals surface area (Å²) in [4.78, 5) is 24.3. The first kappa shape index (κ1) is 18.0. The molecular weight excluding hydrogens is 340 g/mol. The van der Waals surface area contributed by atoms with Crippen molar-refractivity contribution in [2.45, 2.75) is 18.4 Å². The Bertz CT molecular complexity index is 773. The Kier molecular flexibility index (Phi) is 5.01. The number of piperidine rings is 1. The molecule has 0 atom stereocenters. The van der Waals surface area contributed by atoms with Crippen LogP contribution in [0.15, 0.2) is 36.7 Å². The normalized spacial score (nSPS) is 16.2. The molecule has 0 radical (unpaired) electrons. The second kappa shape index (κ2) is 7.23. The van der Waals surface area contributed by atoms with Crippen molar-refractivity contribution in [1.29, 1.82) is 0 Å². The third-order valence-electron chi connectivity index (χ3n) is 4.53. The molecular formula is C18H21F2N5O. The molecule has 1 saturated heterocycles. The summed E-state index contributed by atoms with van der Waals surface area (Å²) < 4.78 is 26.5. The number of carbonyl (C=O) groups is 1. The molecule has 0 saturated carbocycles. The lowest BCUT2D eigenvalue weighted by atomic mass is 9.85. The van der Waals surface area contributed by atoms with Crippen LogP contribution in [0.25, 0.3) is 0 Å². The summed E-state index contributed by atoms with van der Waals surface area (Å²) in [5.74, 6) is -0.486. The molecule has 3 rings (SSSR count). The summed E-state index contributed by atoms with van der Waals surface area (Å²) in [6.45, 7) is 1.04. The van der Waals surface area contributed by atoms with Gasteiger partial charge in [-0.2, -0.15) is 0 Å². The molecule has 1 aromatic heterocycles. The Hall–Kier alpha value is -2.77. The molecule has 26 heavy (non-hydrogen) atoms. The van der Waals surface area contributed by atoms with Gasteiger partial charge in [0.05, 0.1) is 12.4 Å². The number of hydrogen-bond acceptors (Lipinski definition) is 5. The second-order valence-electron chi connectivity index (χ2n) is 6.61. The first-order chi connectivity index (χ1) is 12.4. The summed E-state index contributed by atoms with van der Waals surface area (Å²) in [5, 5.41) is 3.24. The van der Waals surface area contributed by atoms with Gasteiger partial charge >= 0.3 is 0 Å². The summed E-state index contributed by atoms with van der Waals surface area (Å²) in [7, 11) is 3.40. The molecule has 0 bridgehead atoms. The van der Waals surface area contributed by atoms with Crippen LogP contribution in [0, 0.1) is 11.6 Å². The van der Waals surface area contributed by atoms with Crippen molar-refractivity contribution in [2.75, 3.05) is 37.4 Å². The quantitative estimate of drug-likeness (QED) is 0.905. The van der Waals surface area contributed by atoms with E-state index in [1.807, 2.05) is 4.90 Å². The maximum atomic E-state index is 13.5. The van der Waals surface area contributed by atoms with Gasteiger partial charge in [-0.05, 0) is 31.0 Å². The topological polar surface area (TPSA) is 61.4 Å². The lowest BCUT2D eigenvalue weighted by molar-refractivity contribution is -0.134. The summed E-state index contributed by atoms with van der Waals surface area (Å²) in [6, 6.07) is 6.08. The van der Waals surface area contributed by atoms with Gasteiger partial charge in [-0.15, -0.1) is 0 Å². The van der Waals surface area contributed by atoms with Crippen LogP contribution in [0.4, 0.5) is 20.4 Å². The summed E-state index contributed by atoms with van der Waals surface area (Å²) in [6.07, 6.45) is 3.23. The minimum absolute atomic E-state index is 0.0681. The van der Waals surface area contributed by atoms with Gasteiger partial charge in [0.2, 0.25) is 11.9 Å². The third-order valence-corrected chi connectivity index (χ3v) is 4.53. The molecule has 1 amide bonds. The maximum Gasteiger partial charge on any atom is 0.247 e. The average Bonchev–Trinajstić information content (AvgIpc) is 2.62. The van der Waals surface area contributed by atoms with Gasteiger partial charge in [0, 0.05) is 32.9 Å². The molecule has 0 aliphatic carbocycles. The number of benzene rings is 1. The van der Waals surface area contributed by atoms with Crippen LogP contribution in [0.5, 0.6) is 0 Å². The molecule has 0 unspecified atom stereocenters. The van der Waals surface area contributed by atoms with Crippen molar-refractivity contribution in [3.8, 4) is 0 Å². The van der Waals surface area contributed by atoms with E-state index < -0.39 is 11.4 Å². The Morgan fingerprint density at radius 3 is 2.38 bits per heavy atom. The van der Waals surface area contributed by atoms with Gasteiger partial charge in [0.15, 0.2) is 5.82 Å². The van der Waals surface area contributed by atoms with Crippen LogP contribution in [0.2, 0.25) is 0 Å². The van der Waals surface area contributed by atoms with Crippen LogP contribution >= 0.6 is 0 Å². The maximum absolute atomic E-state index is 13.5. The van der Waals surface area contributed by atoms with Crippen LogP contribution < -0.4 is 10.2 Å². The Balaban J connectivity index is 1.80. The molecule has 1 fully saturated rings. The Morgan fingerprint density at radius 1 is 1.15 bits per heavy atom. The number of nitrogens with one attached hydrogen (secondary N) is 1. The standard InChI is InChI=1S/C18H21F2N5O/c1-24(2)16(26)18(23-15-5-3-4-13(19)10-15)6-8-25(9-7-18)17-21-11-14(20)12-22-17/h3-5,10-12,23H,6-9H2,1-2H3. The fourth-order valence-corrected chi connectivity index (χ4v) is 3.22. The van der Waals surface area contributed by atoms with Crippen LogP contribution in [-0.4, -0.2) is 53.5 Å². The van der Waals surface area contributed by atoms with Gasteiger partial charge in [-0.25, -0.2) is 18.7 Å². The third kappa shape index (κ3) is 3.74. The molecule has 6 nitrogen and oxygen atoms in total. The zero-order valence-corrected chi connectivity index (χ0v) is 14.7. The number of carbonyl (C=O) groups excluding carboxylic acids is 1. The lowest BCUT2D eigenvalue weighted by Crippen LogP contribution is -2.58. The predicted molar refractivity (Wildman–Crippen MR) is 94.9 cm³/mol. The molecule has 1 aliphatic heterocycles. The number of likely N-dealkylation sites (N-methyl/N-ethyl adjacent to an activating group) is 1. The van der Waals surface area contributed by atoms with Crippen molar-refractivity contribution in [3.63, 3.8) is 0 Å². The number of anilines is 2. The average molecular weight is 361 g/mol. The monoisotopic (exact) mass is 361 g/mol. The minimum atomic E-state index is -0.839. The molecule has 8 heteroatoms. The van der Waals surface area contributed by atoms with Crippen molar-refractivity contribution in [3.05, 3.63) is 48.3 Å². The van der Waals surface area contributed by atoms with E-state index in [1.165, 1.54) is 17.0 Å². The highest BCUT2D eigenvalue weighted by Crippen LogP contribution is 2.30. The predicted octanol–water partition coefficient (Wildman–Crippen LogP) is 2.29. The molecule has 2 heterocycles. The smallest absolute Gasteiger partial charge is 0.247 e. The minimum Gasteiger partial charge on any atom is -0.371 e. The highest BCUT2D eigenvalue weighted by molar-refractivity contribution is 5.89. The fourth-order valence-electron chi connectivity index (χ4n) is 3.22. The van der Waals surface area contributed by atoms with Crippen LogP contribution in [-0.2, 0) is 4.79 Å². The molecule has 2 aromatic rings. The van der Waals surface area contributed by atoms with E-state index >= 15 is 0 Å². The van der Waals surface area contributed by atoms with E-state index in [0.717, 1.165) is 12.4 Å². The zero-order chi connectivity index (χ0) is 18.7. The fraction of sp³-hybridized carbons (Fsp3) is 0.389. The Morgan fingerprint density at radius 2 is 1.81 bits per heavy atom. The molecule has 0 spiro atoms. The number of halogens is 2. The zero-order valence-electron chi connectivity index (χ0n) is 14.7. The van der Waals surface area contributed by atoms with Gasteiger partial charge in [-0.1, -0.05) is 6.07 Å². The molecule has 138 valence electrons. The number of amides is 1. The van der Waals surface area contributed by atoms with Gasteiger partial charge in [0.25, 0.3) is 0 Å². The van der Waals surface area contributed by atoms with E-state index in [-0.39, 0.29) is 11.7 Å². The van der Waals surface area contributed by atoms with Crippen molar-refractivity contribution >= 4 is 17.5 Å². The number of rotatable bonds is 4. The second-order valence-corrected chi connectivity index (χ2v) is 6.61. The van der Waals surface area contributed by atoms with E-state index in [4.69, 9.17) is 0 Å². The van der Waals surface area contributed by atoms with Crippen molar-refractivity contribution in [1.82, 2.24) is 14.9 Å². The number of nitrogens with zero attached hydrogens (tertiary/aromatic N) is 4. The Labute approximate surface area is 150 Å². The largest absolute Gasteiger partial charge is 0.371 e. The molecule has 1 aromatic carbocycles. The number of aromatic nitrogens is 2. The van der Waals surface area contributed by atoms with Gasteiger partial charge in [0.1, 0.15) is 11.4 Å². The molecule has 1 aliphatic rings. The first-order valence-corrected chi connectivity index (χ1v) is 8.38. The number of hydrogen-bond donors (Lipinski definition) is 1. The summed E-state index contributed by atoms with van der Waals surface area (Å²) in [5.41, 5.74) is -0.278. The van der Waals surface area contributed by atoms with E-state index in [2.05, 4.69) is 15.3 Å². The first-order valence-electron chi connectivity index (χ1n) is 8.38. The van der Waals surface area contributed by atoms with E-state index in [1.54, 1.807) is 26.2 Å². The van der Waals surface area contributed by atoms with Crippen LogP contribution in [0.3, 0.4) is 0 Å². The van der Waals surface area contributed by atoms with E-state index in [9.17, 15) is 13.6 Å². The van der Waals surface area contributed by atoms with Crippen molar-refractivity contribution < 1.29 is 13.6 Å².